The number of carbonyl (C=O) groups is 3. The van der Waals surface area contributed by atoms with Gasteiger partial charge in [-0.25, -0.2) is 9.59 Å². The van der Waals surface area contributed by atoms with Crippen LogP contribution in [0.2, 0.25) is 0 Å². The summed E-state index contributed by atoms with van der Waals surface area (Å²) in [6.07, 6.45) is 5.31. The fourth-order valence-corrected chi connectivity index (χ4v) is 2.77. The highest BCUT2D eigenvalue weighted by Crippen LogP contribution is 2.22. The summed E-state index contributed by atoms with van der Waals surface area (Å²) < 4.78 is 0. The predicted molar refractivity (Wildman–Crippen MR) is 82.5 cm³/mol. The average Bonchev–Trinajstić information content (AvgIpc) is 2.50. The van der Waals surface area contributed by atoms with Gasteiger partial charge in [-0.1, -0.05) is 19.3 Å². The molecule has 0 aromatic rings. The van der Waals surface area contributed by atoms with Crippen molar-refractivity contribution in [1.29, 1.82) is 0 Å². The van der Waals surface area contributed by atoms with Crippen LogP contribution < -0.4 is 5.32 Å². The molecule has 2 N–H and O–H groups in total. The fraction of sp³-hybridized carbons (Fsp3) is 0.800. The average molecular weight is 313 g/mol. The van der Waals surface area contributed by atoms with Crippen LogP contribution in [-0.2, 0) is 9.59 Å². The van der Waals surface area contributed by atoms with Gasteiger partial charge in [0.15, 0.2) is 0 Å². The lowest BCUT2D eigenvalue weighted by molar-refractivity contribution is -0.141. The minimum absolute atomic E-state index is 0.172. The van der Waals surface area contributed by atoms with E-state index in [2.05, 4.69) is 5.32 Å². The Morgan fingerprint density at radius 1 is 1.23 bits per heavy atom. The van der Waals surface area contributed by atoms with Gasteiger partial charge in [0.25, 0.3) is 0 Å². The molecule has 7 heteroatoms. The van der Waals surface area contributed by atoms with Gasteiger partial charge < -0.3 is 20.2 Å². The summed E-state index contributed by atoms with van der Waals surface area (Å²) in [6, 6.07) is -1.04. The maximum Gasteiger partial charge on any atom is 0.326 e. The molecule has 0 saturated heterocycles. The lowest BCUT2D eigenvalue weighted by Gasteiger charge is -2.36. The topological polar surface area (TPSA) is 90.0 Å². The molecule has 7 nitrogen and oxygen atoms in total. The van der Waals surface area contributed by atoms with E-state index >= 15 is 0 Å². The highest BCUT2D eigenvalue weighted by Gasteiger charge is 2.31. The van der Waals surface area contributed by atoms with Crippen molar-refractivity contribution < 1.29 is 19.5 Å². The van der Waals surface area contributed by atoms with Crippen LogP contribution in [0.5, 0.6) is 0 Å². The molecule has 0 aromatic carbocycles. The molecule has 1 aliphatic carbocycles. The number of hydrogen-bond donors (Lipinski definition) is 2. The Labute approximate surface area is 131 Å². The molecule has 1 atom stereocenters. The third-order valence-electron chi connectivity index (χ3n) is 4.22. The highest BCUT2D eigenvalue weighted by molar-refractivity contribution is 5.82. The van der Waals surface area contributed by atoms with Crippen molar-refractivity contribution in [3.63, 3.8) is 0 Å². The number of rotatable bonds is 6. The summed E-state index contributed by atoms with van der Waals surface area (Å²) >= 11 is 0. The number of nitrogens with zero attached hydrogens (tertiary/aromatic N) is 2. The van der Waals surface area contributed by atoms with Crippen LogP contribution >= 0.6 is 0 Å². The van der Waals surface area contributed by atoms with E-state index in [4.69, 9.17) is 0 Å². The summed E-state index contributed by atoms with van der Waals surface area (Å²) in [6.45, 7) is 3.31. The number of aliphatic carboxylic acids is 1. The van der Waals surface area contributed by atoms with Gasteiger partial charge in [0, 0.05) is 33.1 Å². The van der Waals surface area contributed by atoms with E-state index in [9.17, 15) is 19.5 Å². The SMILES string of the molecule is CC(=O)NCCN(C(=O)N(C)C1CCCCC1)C(C)C(=O)O. The highest BCUT2D eigenvalue weighted by atomic mass is 16.4. The molecule has 0 radical (unpaired) electrons. The third-order valence-corrected chi connectivity index (χ3v) is 4.22. The van der Waals surface area contributed by atoms with Gasteiger partial charge in [0.2, 0.25) is 5.91 Å². The third kappa shape index (κ3) is 5.20. The number of carboxylic acids is 1. The van der Waals surface area contributed by atoms with E-state index in [-0.39, 0.29) is 31.1 Å². The molecule has 126 valence electrons. The summed E-state index contributed by atoms with van der Waals surface area (Å²) in [7, 11) is 1.73. The first kappa shape index (κ1) is 18.3. The van der Waals surface area contributed by atoms with E-state index in [1.54, 1.807) is 11.9 Å². The number of nitrogens with one attached hydrogen (secondary N) is 1. The van der Waals surface area contributed by atoms with Crippen LogP contribution in [0.25, 0.3) is 0 Å². The van der Waals surface area contributed by atoms with Crippen molar-refractivity contribution in [3.8, 4) is 0 Å². The Bertz CT molecular complexity index is 408. The summed E-state index contributed by atoms with van der Waals surface area (Å²) in [5, 5.41) is 11.8. The standard InChI is InChI=1S/C15H27N3O4/c1-11(14(20)21)18(10-9-16-12(2)19)15(22)17(3)13-7-5-4-6-8-13/h11,13H,4-10H2,1-3H3,(H,16,19)(H,20,21). The second-order valence-corrected chi connectivity index (χ2v) is 5.88. The number of amides is 3. The first-order valence-corrected chi connectivity index (χ1v) is 7.85. The van der Waals surface area contributed by atoms with Crippen molar-refractivity contribution in [2.75, 3.05) is 20.1 Å². The molecule has 1 unspecified atom stereocenters. The maximum atomic E-state index is 12.6. The fourth-order valence-electron chi connectivity index (χ4n) is 2.77. The van der Waals surface area contributed by atoms with E-state index < -0.39 is 12.0 Å². The van der Waals surface area contributed by atoms with E-state index in [1.165, 1.54) is 25.2 Å². The molecule has 3 amide bonds. The number of urea groups is 1. The Morgan fingerprint density at radius 3 is 2.32 bits per heavy atom. The summed E-state index contributed by atoms with van der Waals surface area (Å²) in [5.74, 6) is -1.25. The van der Waals surface area contributed by atoms with Crippen LogP contribution in [-0.4, -0.2) is 65.0 Å². The van der Waals surface area contributed by atoms with E-state index in [1.807, 2.05) is 0 Å². The van der Waals surface area contributed by atoms with Crippen LogP contribution in [0.4, 0.5) is 4.79 Å². The molecule has 1 fully saturated rings. The van der Waals surface area contributed by atoms with Gasteiger partial charge in [-0.05, 0) is 19.8 Å². The van der Waals surface area contributed by atoms with Crippen molar-refractivity contribution in [2.24, 2.45) is 0 Å². The number of carbonyl (C=O) groups excluding carboxylic acids is 2. The van der Waals surface area contributed by atoms with Crippen molar-refractivity contribution in [2.45, 2.75) is 58.0 Å². The zero-order valence-electron chi connectivity index (χ0n) is 13.7. The minimum Gasteiger partial charge on any atom is -0.480 e. The quantitative estimate of drug-likeness (QED) is 0.773. The van der Waals surface area contributed by atoms with Crippen molar-refractivity contribution in [3.05, 3.63) is 0 Å². The van der Waals surface area contributed by atoms with Gasteiger partial charge in [0.1, 0.15) is 6.04 Å². The van der Waals surface area contributed by atoms with Gasteiger partial charge in [-0.15, -0.1) is 0 Å². The lowest BCUT2D eigenvalue weighted by Crippen LogP contribution is -2.53. The Balaban J connectivity index is 2.72. The Morgan fingerprint density at radius 2 is 1.82 bits per heavy atom. The molecule has 0 aliphatic heterocycles. The molecule has 1 saturated carbocycles. The van der Waals surface area contributed by atoms with Gasteiger partial charge in [0.05, 0.1) is 0 Å². The van der Waals surface area contributed by atoms with Crippen LogP contribution in [0.15, 0.2) is 0 Å². The zero-order valence-corrected chi connectivity index (χ0v) is 13.7. The first-order valence-electron chi connectivity index (χ1n) is 7.85. The van der Waals surface area contributed by atoms with Gasteiger partial charge >= 0.3 is 12.0 Å². The normalized spacial score (nSPS) is 16.7. The van der Waals surface area contributed by atoms with Crippen LogP contribution in [0.3, 0.4) is 0 Å². The monoisotopic (exact) mass is 313 g/mol. The Kier molecular flexibility index (Phi) is 7.14. The number of carboxylic acid groups (broad SMARTS) is 1. The second-order valence-electron chi connectivity index (χ2n) is 5.88. The molecule has 0 aromatic heterocycles. The molecule has 0 bridgehead atoms. The first-order chi connectivity index (χ1) is 10.3. The summed E-state index contributed by atoms with van der Waals surface area (Å²) in [5.41, 5.74) is 0. The zero-order chi connectivity index (χ0) is 16.7. The summed E-state index contributed by atoms with van der Waals surface area (Å²) in [4.78, 5) is 37.8. The minimum atomic E-state index is -1.05. The van der Waals surface area contributed by atoms with Crippen molar-refractivity contribution in [1.82, 2.24) is 15.1 Å². The molecule has 0 spiro atoms. The largest absolute Gasteiger partial charge is 0.480 e. The predicted octanol–water partition coefficient (Wildman–Crippen LogP) is 1.28. The number of hydrogen-bond acceptors (Lipinski definition) is 3. The van der Waals surface area contributed by atoms with E-state index in [0.717, 1.165) is 25.7 Å². The molecular weight excluding hydrogens is 286 g/mol. The molecule has 0 heterocycles. The van der Waals surface area contributed by atoms with Gasteiger partial charge in [-0.2, -0.15) is 0 Å². The maximum absolute atomic E-state index is 12.6. The van der Waals surface area contributed by atoms with Crippen LogP contribution in [0.1, 0.15) is 46.0 Å². The van der Waals surface area contributed by atoms with Crippen molar-refractivity contribution >= 4 is 17.9 Å². The lowest BCUT2D eigenvalue weighted by atomic mass is 9.94. The van der Waals surface area contributed by atoms with Gasteiger partial charge in [-0.3, -0.25) is 4.79 Å². The molecule has 1 aliphatic rings. The molecular formula is C15H27N3O4. The second kappa shape index (κ2) is 8.60. The Hall–Kier alpha value is -1.79. The molecule has 1 rings (SSSR count). The van der Waals surface area contributed by atoms with Crippen LogP contribution in [0, 0.1) is 0 Å². The van der Waals surface area contributed by atoms with E-state index in [0.29, 0.717) is 0 Å². The molecule has 22 heavy (non-hydrogen) atoms. The smallest absolute Gasteiger partial charge is 0.326 e.